The highest BCUT2D eigenvalue weighted by Gasteiger charge is 2.51. The van der Waals surface area contributed by atoms with Gasteiger partial charge in [0.1, 0.15) is 0 Å². The zero-order valence-electron chi connectivity index (χ0n) is 17.6. The Hall–Kier alpha value is -1.93. The van der Waals surface area contributed by atoms with Gasteiger partial charge >= 0.3 is 5.97 Å². The molecule has 1 aliphatic heterocycles. The van der Waals surface area contributed by atoms with Crippen LogP contribution in [0, 0.1) is 37.5 Å². The fourth-order valence-electron chi connectivity index (χ4n) is 5.64. The molecule has 3 aliphatic carbocycles. The number of amides is 1. The van der Waals surface area contributed by atoms with Crippen LogP contribution in [0.2, 0.25) is 0 Å². The van der Waals surface area contributed by atoms with Gasteiger partial charge in [-0.1, -0.05) is 12.1 Å². The van der Waals surface area contributed by atoms with Gasteiger partial charge in [0.2, 0.25) is 15.9 Å². The number of hydrogen-bond acceptors (Lipinski definition) is 4. The molecule has 1 N–H and O–H groups in total. The molecule has 0 aromatic heterocycles. The summed E-state index contributed by atoms with van der Waals surface area (Å²) in [5.41, 5.74) is 1.60. The van der Waals surface area contributed by atoms with E-state index in [0.717, 1.165) is 31.2 Å². The van der Waals surface area contributed by atoms with Gasteiger partial charge in [-0.15, -0.1) is 0 Å². The lowest BCUT2D eigenvalue weighted by molar-refractivity contribution is -0.162. The van der Waals surface area contributed by atoms with E-state index in [9.17, 15) is 23.1 Å². The Morgan fingerprint density at radius 3 is 2.07 bits per heavy atom. The number of sulfonamides is 1. The second kappa shape index (κ2) is 7.96. The van der Waals surface area contributed by atoms with Crippen LogP contribution in [0.25, 0.3) is 0 Å². The molecule has 1 amide bonds. The molecule has 1 aromatic carbocycles. The van der Waals surface area contributed by atoms with Crippen molar-refractivity contribution >= 4 is 21.9 Å². The molecule has 4 aliphatic rings. The summed E-state index contributed by atoms with van der Waals surface area (Å²) in [6.07, 6.45) is 3.64. The normalized spacial score (nSPS) is 29.7. The maximum atomic E-state index is 13.3. The molecule has 1 aromatic rings. The second-order valence-electron chi connectivity index (χ2n) is 9.06. The SMILES string of the molecule is Cc1ccc(C)c(S(=O)(=O)N2CCN(C(=O)[C@@H]3C4CCC(CC4)[C@H]3C(=O)O)CC2)c1. The van der Waals surface area contributed by atoms with E-state index in [0.29, 0.717) is 23.5 Å². The van der Waals surface area contributed by atoms with E-state index >= 15 is 0 Å². The number of carbonyl (C=O) groups is 2. The molecule has 4 fully saturated rings. The quantitative estimate of drug-likeness (QED) is 0.784. The third-order valence-electron chi connectivity index (χ3n) is 7.30. The molecule has 1 heterocycles. The Bertz CT molecular complexity index is 944. The minimum Gasteiger partial charge on any atom is -0.481 e. The average molecular weight is 435 g/mol. The number of fused-ring (bicyclic) bond motifs is 3. The molecule has 30 heavy (non-hydrogen) atoms. The van der Waals surface area contributed by atoms with Crippen molar-refractivity contribution in [3.05, 3.63) is 29.3 Å². The van der Waals surface area contributed by atoms with Crippen LogP contribution in [0.3, 0.4) is 0 Å². The van der Waals surface area contributed by atoms with E-state index in [4.69, 9.17) is 0 Å². The van der Waals surface area contributed by atoms with E-state index in [1.165, 1.54) is 4.31 Å². The summed E-state index contributed by atoms with van der Waals surface area (Å²) in [5, 5.41) is 9.74. The maximum absolute atomic E-state index is 13.3. The highest BCUT2D eigenvalue weighted by atomic mass is 32.2. The van der Waals surface area contributed by atoms with Crippen LogP contribution in [0.1, 0.15) is 36.8 Å². The summed E-state index contributed by atoms with van der Waals surface area (Å²) < 4.78 is 27.7. The van der Waals surface area contributed by atoms with Crippen molar-refractivity contribution in [2.24, 2.45) is 23.7 Å². The van der Waals surface area contributed by atoms with Crippen LogP contribution in [-0.4, -0.2) is 60.8 Å². The molecule has 0 spiro atoms. The number of benzene rings is 1. The number of carboxylic acids is 1. The number of rotatable bonds is 4. The van der Waals surface area contributed by atoms with Crippen molar-refractivity contribution in [2.45, 2.75) is 44.4 Å². The van der Waals surface area contributed by atoms with Crippen molar-refractivity contribution in [1.82, 2.24) is 9.21 Å². The van der Waals surface area contributed by atoms with Gasteiger partial charge in [0, 0.05) is 26.2 Å². The average Bonchev–Trinajstić information content (AvgIpc) is 2.75. The van der Waals surface area contributed by atoms with Crippen LogP contribution in [0.4, 0.5) is 0 Å². The number of aliphatic carboxylic acids is 1. The van der Waals surface area contributed by atoms with Crippen molar-refractivity contribution < 1.29 is 23.1 Å². The largest absolute Gasteiger partial charge is 0.481 e. The highest BCUT2D eigenvalue weighted by molar-refractivity contribution is 7.89. The maximum Gasteiger partial charge on any atom is 0.307 e. The monoisotopic (exact) mass is 434 g/mol. The lowest BCUT2D eigenvalue weighted by Crippen LogP contribution is -2.56. The number of aryl methyl sites for hydroxylation is 2. The first kappa shape index (κ1) is 21.3. The predicted octanol–water partition coefficient (Wildman–Crippen LogP) is 2.27. The molecule has 2 bridgehead atoms. The van der Waals surface area contributed by atoms with E-state index in [1.807, 2.05) is 19.1 Å². The topological polar surface area (TPSA) is 95.0 Å². The van der Waals surface area contributed by atoms with Crippen LogP contribution in [-0.2, 0) is 19.6 Å². The fraction of sp³-hybridized carbons (Fsp3) is 0.636. The van der Waals surface area contributed by atoms with Crippen molar-refractivity contribution in [3.63, 3.8) is 0 Å². The number of carboxylic acid groups (broad SMARTS) is 1. The molecule has 2 atom stereocenters. The zero-order valence-corrected chi connectivity index (χ0v) is 18.4. The number of nitrogens with zero attached hydrogens (tertiary/aromatic N) is 2. The summed E-state index contributed by atoms with van der Waals surface area (Å²) in [5.74, 6) is -1.79. The Morgan fingerprint density at radius 1 is 0.933 bits per heavy atom. The van der Waals surface area contributed by atoms with Crippen LogP contribution >= 0.6 is 0 Å². The van der Waals surface area contributed by atoms with Crippen LogP contribution < -0.4 is 0 Å². The fourth-order valence-corrected chi connectivity index (χ4v) is 7.38. The summed E-state index contributed by atoms with van der Waals surface area (Å²) >= 11 is 0. The van der Waals surface area contributed by atoms with Crippen molar-refractivity contribution in [3.8, 4) is 0 Å². The highest BCUT2D eigenvalue weighted by Crippen LogP contribution is 2.49. The van der Waals surface area contributed by atoms with Crippen LogP contribution in [0.5, 0.6) is 0 Å². The lowest BCUT2D eigenvalue weighted by atomic mass is 9.58. The van der Waals surface area contributed by atoms with E-state index in [1.54, 1.807) is 17.9 Å². The second-order valence-corrected chi connectivity index (χ2v) is 11.0. The number of carbonyl (C=O) groups excluding carboxylic acids is 1. The molecule has 164 valence electrons. The standard InChI is InChI=1S/C22H30N2O5S/c1-14-3-4-15(2)18(13-14)30(28,29)24-11-9-23(10-12-24)21(25)19-16-5-7-17(8-6-16)20(19)22(26)27/h3-4,13,16-17,19-20H,5-12H2,1-2H3,(H,26,27)/t16?,17?,19-,20-/m1/s1. The van der Waals surface area contributed by atoms with Crippen LogP contribution in [0.15, 0.2) is 23.1 Å². The molecule has 0 unspecified atom stereocenters. The third kappa shape index (κ3) is 3.64. The van der Waals surface area contributed by atoms with Gasteiger partial charge in [0.25, 0.3) is 0 Å². The first-order valence-electron chi connectivity index (χ1n) is 10.8. The lowest BCUT2D eigenvalue weighted by Gasteiger charge is -2.48. The Balaban J connectivity index is 1.47. The van der Waals surface area contributed by atoms with Gasteiger partial charge < -0.3 is 10.0 Å². The molecule has 1 saturated heterocycles. The minimum absolute atomic E-state index is 0.0902. The molecule has 3 saturated carbocycles. The van der Waals surface area contributed by atoms with E-state index in [2.05, 4.69) is 0 Å². The van der Waals surface area contributed by atoms with Gasteiger partial charge in [-0.25, -0.2) is 8.42 Å². The number of hydrogen-bond donors (Lipinski definition) is 1. The predicted molar refractivity (Wildman–Crippen MR) is 111 cm³/mol. The summed E-state index contributed by atoms with van der Waals surface area (Å²) in [6, 6.07) is 5.40. The first-order chi connectivity index (χ1) is 14.2. The van der Waals surface area contributed by atoms with Gasteiger partial charge in [-0.3, -0.25) is 9.59 Å². The molecular weight excluding hydrogens is 404 g/mol. The van der Waals surface area contributed by atoms with Gasteiger partial charge in [-0.2, -0.15) is 4.31 Å². The smallest absolute Gasteiger partial charge is 0.307 e. The van der Waals surface area contributed by atoms with Gasteiger partial charge in [0.15, 0.2) is 0 Å². The van der Waals surface area contributed by atoms with Crippen molar-refractivity contribution in [1.29, 1.82) is 0 Å². The van der Waals surface area contributed by atoms with E-state index in [-0.39, 0.29) is 30.8 Å². The molecule has 8 heteroatoms. The third-order valence-corrected chi connectivity index (χ3v) is 9.34. The summed E-state index contributed by atoms with van der Waals surface area (Å²) in [6.45, 7) is 4.74. The summed E-state index contributed by atoms with van der Waals surface area (Å²) in [4.78, 5) is 27.2. The van der Waals surface area contributed by atoms with Gasteiger partial charge in [0.05, 0.1) is 16.7 Å². The first-order valence-corrected chi connectivity index (χ1v) is 12.2. The Morgan fingerprint density at radius 2 is 1.50 bits per heavy atom. The number of piperazine rings is 1. The Labute approximate surface area is 178 Å². The van der Waals surface area contributed by atoms with Crippen molar-refractivity contribution in [2.75, 3.05) is 26.2 Å². The van der Waals surface area contributed by atoms with Gasteiger partial charge in [-0.05, 0) is 68.6 Å². The summed E-state index contributed by atoms with van der Waals surface area (Å²) in [7, 11) is -3.62. The molecule has 0 radical (unpaired) electrons. The molecular formula is C22H30N2O5S. The molecule has 5 rings (SSSR count). The zero-order chi connectivity index (χ0) is 21.6. The minimum atomic E-state index is -3.62. The van der Waals surface area contributed by atoms with E-state index < -0.39 is 27.8 Å². The Kier molecular flexibility index (Phi) is 5.66. The molecule has 7 nitrogen and oxygen atoms in total.